The first kappa shape index (κ1) is 16.8. The minimum atomic E-state index is -0.384. The van der Waals surface area contributed by atoms with Crippen molar-refractivity contribution >= 4 is 67.2 Å². The second-order valence-corrected chi connectivity index (χ2v) is 11.0. The monoisotopic (exact) mass is 465 g/mol. The molecule has 0 unspecified atom stereocenters. The van der Waals surface area contributed by atoms with Crippen molar-refractivity contribution in [2.24, 2.45) is 0 Å². The Labute approximate surface area is 139 Å². The zero-order valence-electron chi connectivity index (χ0n) is 9.76. The van der Waals surface area contributed by atoms with Crippen molar-refractivity contribution in [2.45, 2.75) is 2.14 Å². The highest BCUT2D eigenvalue weighted by Crippen LogP contribution is 2.43. The first-order valence-corrected chi connectivity index (χ1v) is 8.44. The van der Waals surface area contributed by atoms with Crippen LogP contribution >= 0.6 is 56.2 Å². The Balaban J connectivity index is 0.000000218. The molecular formula is C13H11Br3NOP. The van der Waals surface area contributed by atoms with E-state index in [2.05, 4.69) is 47.8 Å². The maximum atomic E-state index is 10.4. The van der Waals surface area contributed by atoms with Crippen LogP contribution in [0, 0.1) is 0 Å². The molecule has 2 nitrogen and oxygen atoms in total. The van der Waals surface area contributed by atoms with Gasteiger partial charge in [-0.1, -0.05) is 78.1 Å². The molecule has 0 aliphatic rings. The summed E-state index contributed by atoms with van der Waals surface area (Å²) in [5.41, 5.74) is 7.20. The van der Waals surface area contributed by atoms with Gasteiger partial charge >= 0.3 is 0 Å². The summed E-state index contributed by atoms with van der Waals surface area (Å²) in [6, 6.07) is 16.9. The van der Waals surface area contributed by atoms with Crippen LogP contribution in [0.3, 0.4) is 0 Å². The average molecular weight is 468 g/mol. The highest BCUT2D eigenvalue weighted by molar-refractivity contribution is 9.38. The molecule has 0 saturated heterocycles. The van der Waals surface area contributed by atoms with Crippen LogP contribution < -0.4 is 11.0 Å². The van der Waals surface area contributed by atoms with E-state index in [1.807, 2.05) is 54.6 Å². The number of hydrogen-bond donors (Lipinski definition) is 1. The molecule has 2 N–H and O–H groups in total. The quantitative estimate of drug-likeness (QED) is 0.357. The van der Waals surface area contributed by atoms with Gasteiger partial charge in [0.1, 0.15) is 0 Å². The Morgan fingerprint density at radius 1 is 0.895 bits per heavy atom. The van der Waals surface area contributed by atoms with Crippen LogP contribution in [0.2, 0.25) is 0 Å². The first-order valence-electron chi connectivity index (χ1n) is 5.24. The van der Waals surface area contributed by atoms with Gasteiger partial charge in [-0.3, -0.25) is 4.57 Å². The van der Waals surface area contributed by atoms with Crippen LogP contribution in [0.4, 0.5) is 5.69 Å². The minimum absolute atomic E-state index is 0.0530. The molecule has 0 fully saturated rings. The molecular weight excluding hydrogens is 457 g/mol. The maximum Gasteiger partial charge on any atom is 0.192 e. The minimum Gasteiger partial charge on any atom is -0.399 e. The lowest BCUT2D eigenvalue weighted by molar-refractivity contribution is 0.603. The average Bonchev–Trinajstić information content (AvgIpc) is 2.39. The molecule has 0 atom stereocenters. The predicted octanol–water partition coefficient (Wildman–Crippen LogP) is 5.17. The van der Waals surface area contributed by atoms with Crippen LogP contribution in [-0.4, -0.2) is 0 Å². The lowest BCUT2D eigenvalue weighted by Gasteiger charge is -2.11. The summed E-state index contributed by atoms with van der Waals surface area (Å²) in [4.78, 5) is 0. The number of para-hydroxylation sites is 1. The number of halogens is 3. The molecule has 0 aromatic heterocycles. The third kappa shape index (κ3) is 6.66. The highest BCUT2D eigenvalue weighted by atomic mass is 80.0. The number of alkyl halides is 3. The third-order valence-electron chi connectivity index (χ3n) is 2.10. The first-order chi connectivity index (χ1) is 8.93. The molecule has 100 valence electrons. The third-order valence-corrected chi connectivity index (χ3v) is 3.98. The smallest absolute Gasteiger partial charge is 0.192 e. The van der Waals surface area contributed by atoms with Crippen LogP contribution in [0.25, 0.3) is 0 Å². The molecule has 0 aliphatic carbocycles. The van der Waals surface area contributed by atoms with Gasteiger partial charge in [0.15, 0.2) is 10.6 Å². The van der Waals surface area contributed by atoms with E-state index in [9.17, 15) is 4.57 Å². The van der Waals surface area contributed by atoms with E-state index < -0.39 is 0 Å². The summed E-state index contributed by atoms with van der Waals surface area (Å²) >= 11 is 10.2. The largest absolute Gasteiger partial charge is 0.399 e. The number of anilines is 1. The van der Waals surface area contributed by atoms with E-state index in [0.717, 1.165) is 16.6 Å². The summed E-state index contributed by atoms with van der Waals surface area (Å²) in [7, 11) is 0.0530. The van der Waals surface area contributed by atoms with Crippen LogP contribution in [0.5, 0.6) is 0 Å². The van der Waals surface area contributed by atoms with Gasteiger partial charge in [0.05, 0.1) is 0 Å². The van der Waals surface area contributed by atoms with Crippen molar-refractivity contribution in [3.63, 3.8) is 0 Å². The SMILES string of the molecule is Nc1ccccc1.O=Pc1ccc(C(Br)(Br)Br)cc1. The number of benzene rings is 2. The van der Waals surface area contributed by atoms with Crippen LogP contribution in [0.15, 0.2) is 54.6 Å². The number of nitrogen functional groups attached to an aromatic ring is 1. The van der Waals surface area contributed by atoms with Gasteiger partial charge in [0.2, 0.25) is 0 Å². The highest BCUT2D eigenvalue weighted by Gasteiger charge is 2.19. The fourth-order valence-electron chi connectivity index (χ4n) is 1.16. The number of nitrogens with two attached hydrogens (primary N) is 1. The van der Waals surface area contributed by atoms with Crippen molar-refractivity contribution in [3.05, 3.63) is 60.2 Å². The van der Waals surface area contributed by atoms with Gasteiger partial charge in [0.25, 0.3) is 0 Å². The Morgan fingerprint density at radius 3 is 1.74 bits per heavy atom. The molecule has 0 heterocycles. The molecule has 2 rings (SSSR count). The Morgan fingerprint density at radius 2 is 1.42 bits per heavy atom. The zero-order chi connectivity index (χ0) is 14.3. The fraction of sp³-hybridized carbons (Fsp3) is 0.0769. The summed E-state index contributed by atoms with van der Waals surface area (Å²) in [5, 5.41) is 0.774. The van der Waals surface area contributed by atoms with Gasteiger partial charge < -0.3 is 5.73 Å². The lowest BCUT2D eigenvalue weighted by Crippen LogP contribution is -1.99. The number of rotatable bonds is 1. The standard InChI is InChI=1S/C7H4Br3OP.C6H7N/c8-7(9,10)5-1-3-6(12-11)4-2-5;7-6-4-2-1-3-5-6/h1-4H;1-5H,7H2. The van der Waals surface area contributed by atoms with Crippen molar-refractivity contribution in [2.75, 3.05) is 5.73 Å². The van der Waals surface area contributed by atoms with E-state index in [0.29, 0.717) is 0 Å². The summed E-state index contributed by atoms with van der Waals surface area (Å²) in [6.45, 7) is 0. The van der Waals surface area contributed by atoms with Crippen molar-refractivity contribution in [3.8, 4) is 0 Å². The molecule has 0 aliphatic heterocycles. The van der Waals surface area contributed by atoms with Gasteiger partial charge in [-0.05, 0) is 29.8 Å². The molecule has 0 spiro atoms. The van der Waals surface area contributed by atoms with Crippen LogP contribution in [-0.2, 0) is 6.71 Å². The van der Waals surface area contributed by atoms with E-state index >= 15 is 0 Å². The Kier molecular flexibility index (Phi) is 7.22. The van der Waals surface area contributed by atoms with Crippen molar-refractivity contribution in [1.29, 1.82) is 0 Å². The van der Waals surface area contributed by atoms with Crippen molar-refractivity contribution < 1.29 is 4.57 Å². The maximum absolute atomic E-state index is 10.4. The fourth-order valence-corrected chi connectivity index (χ4v) is 2.23. The van der Waals surface area contributed by atoms with E-state index in [1.165, 1.54) is 0 Å². The molecule has 0 saturated carbocycles. The molecule has 0 bridgehead atoms. The molecule has 6 heteroatoms. The molecule has 2 aromatic rings. The van der Waals surface area contributed by atoms with Gasteiger partial charge in [-0.2, -0.15) is 0 Å². The van der Waals surface area contributed by atoms with E-state index in [-0.39, 0.29) is 10.6 Å². The molecule has 2 aromatic carbocycles. The summed E-state index contributed by atoms with van der Waals surface area (Å²) in [6.07, 6.45) is 0. The Bertz CT molecular complexity index is 512. The summed E-state index contributed by atoms with van der Waals surface area (Å²) in [5.74, 6) is 0. The second-order valence-electron chi connectivity index (χ2n) is 3.55. The molecule has 0 amide bonds. The lowest BCUT2D eigenvalue weighted by atomic mass is 10.2. The Hall–Kier alpha value is -0.220. The van der Waals surface area contributed by atoms with Gasteiger partial charge in [-0.25, -0.2) is 0 Å². The van der Waals surface area contributed by atoms with Gasteiger partial charge in [0, 0.05) is 11.0 Å². The van der Waals surface area contributed by atoms with Crippen molar-refractivity contribution in [1.82, 2.24) is 0 Å². The normalized spacial score (nSPS) is 10.7. The van der Waals surface area contributed by atoms with E-state index in [4.69, 9.17) is 5.73 Å². The van der Waals surface area contributed by atoms with E-state index in [1.54, 1.807) is 0 Å². The topological polar surface area (TPSA) is 43.1 Å². The predicted molar refractivity (Wildman–Crippen MR) is 93.0 cm³/mol. The number of hydrogen-bond acceptors (Lipinski definition) is 2. The zero-order valence-corrected chi connectivity index (χ0v) is 15.4. The van der Waals surface area contributed by atoms with Crippen LogP contribution in [0.1, 0.15) is 5.56 Å². The summed E-state index contributed by atoms with van der Waals surface area (Å²) < 4.78 is 10.0. The van der Waals surface area contributed by atoms with Gasteiger partial charge in [-0.15, -0.1) is 0 Å². The molecule has 19 heavy (non-hydrogen) atoms. The second kappa shape index (κ2) is 8.15. The molecule has 0 radical (unpaired) electrons.